The summed E-state index contributed by atoms with van der Waals surface area (Å²) in [5.74, 6) is 0.531. The zero-order valence-electron chi connectivity index (χ0n) is 8.71. The minimum absolute atomic E-state index is 0.0870. The van der Waals surface area contributed by atoms with Crippen LogP contribution in [0.15, 0.2) is 29.2 Å². The lowest BCUT2D eigenvalue weighted by molar-refractivity contribution is -0.387. The molecule has 1 aromatic rings. The van der Waals surface area contributed by atoms with Gasteiger partial charge in [0, 0.05) is 12.5 Å². The molecule has 4 nitrogen and oxygen atoms in total. The first-order valence-corrected chi connectivity index (χ1v) is 7.01. The molecular formula is C10H11NO3S2. The van der Waals surface area contributed by atoms with Crippen LogP contribution in [-0.2, 0) is 4.79 Å². The van der Waals surface area contributed by atoms with Gasteiger partial charge < -0.3 is 0 Å². The Hall–Kier alpha value is -1.01. The Morgan fingerprint density at radius 1 is 1.44 bits per heavy atom. The van der Waals surface area contributed by atoms with E-state index in [4.69, 9.17) is 0 Å². The van der Waals surface area contributed by atoms with Gasteiger partial charge in [-0.15, -0.1) is 0 Å². The predicted molar refractivity (Wildman–Crippen MR) is 66.7 cm³/mol. The van der Waals surface area contributed by atoms with Crippen LogP contribution < -0.4 is 0 Å². The van der Waals surface area contributed by atoms with Crippen molar-refractivity contribution in [3.8, 4) is 0 Å². The quantitative estimate of drug-likeness (QED) is 0.444. The number of rotatable bonds is 6. The highest BCUT2D eigenvalue weighted by molar-refractivity contribution is 8.76. The van der Waals surface area contributed by atoms with Crippen molar-refractivity contribution in [2.75, 3.05) is 5.75 Å². The van der Waals surface area contributed by atoms with Crippen LogP contribution in [0.3, 0.4) is 0 Å². The van der Waals surface area contributed by atoms with Crippen molar-refractivity contribution in [2.45, 2.75) is 18.2 Å². The van der Waals surface area contributed by atoms with Crippen LogP contribution in [0.4, 0.5) is 5.69 Å². The number of para-hydroxylation sites is 1. The van der Waals surface area contributed by atoms with E-state index in [0.717, 1.165) is 0 Å². The lowest BCUT2D eigenvalue weighted by Crippen LogP contribution is -1.96. The van der Waals surface area contributed by atoms with Crippen molar-refractivity contribution in [1.82, 2.24) is 0 Å². The summed E-state index contributed by atoms with van der Waals surface area (Å²) >= 11 is 0. The molecule has 0 radical (unpaired) electrons. The van der Waals surface area contributed by atoms with E-state index in [2.05, 4.69) is 0 Å². The summed E-state index contributed by atoms with van der Waals surface area (Å²) in [7, 11) is 2.61. The summed E-state index contributed by atoms with van der Waals surface area (Å²) in [5.41, 5.74) is 0.0870. The van der Waals surface area contributed by atoms with E-state index in [1.165, 1.54) is 27.7 Å². The van der Waals surface area contributed by atoms with Crippen molar-refractivity contribution >= 4 is 33.1 Å². The Morgan fingerprint density at radius 3 is 2.75 bits per heavy atom. The fraction of sp³-hybridized carbons (Fsp3) is 0.300. The Balaban J connectivity index is 2.60. The Labute approximate surface area is 101 Å². The highest BCUT2D eigenvalue weighted by atomic mass is 33.1. The highest BCUT2D eigenvalue weighted by Gasteiger charge is 2.13. The largest absolute Gasteiger partial charge is 0.299 e. The molecule has 6 heteroatoms. The molecule has 0 atom stereocenters. The van der Waals surface area contributed by atoms with Crippen molar-refractivity contribution in [2.24, 2.45) is 0 Å². The summed E-state index contributed by atoms with van der Waals surface area (Å²) in [4.78, 5) is 21.9. The summed E-state index contributed by atoms with van der Waals surface area (Å²) < 4.78 is 0. The zero-order chi connectivity index (χ0) is 12.0. The first-order chi connectivity index (χ1) is 7.65. The van der Waals surface area contributed by atoms with E-state index < -0.39 is 4.92 Å². The molecule has 0 unspecified atom stereocenters. The van der Waals surface area contributed by atoms with Gasteiger partial charge in [-0.1, -0.05) is 40.6 Å². The first kappa shape index (κ1) is 13.1. The van der Waals surface area contributed by atoms with Gasteiger partial charge in [-0.05, 0) is 6.07 Å². The van der Waals surface area contributed by atoms with Gasteiger partial charge in [0.1, 0.15) is 5.78 Å². The van der Waals surface area contributed by atoms with E-state index in [1.54, 1.807) is 25.1 Å². The molecule has 0 bridgehead atoms. The van der Waals surface area contributed by atoms with Gasteiger partial charge in [-0.2, -0.15) is 0 Å². The summed E-state index contributed by atoms with van der Waals surface area (Å²) in [6, 6.07) is 6.53. The van der Waals surface area contributed by atoms with Gasteiger partial charge in [-0.3, -0.25) is 14.9 Å². The molecule has 0 heterocycles. The number of nitro benzene ring substituents is 1. The maximum atomic E-state index is 11.1. The normalized spacial score (nSPS) is 10.1. The van der Waals surface area contributed by atoms with Gasteiger partial charge >= 0.3 is 0 Å². The molecule has 16 heavy (non-hydrogen) atoms. The van der Waals surface area contributed by atoms with Crippen LogP contribution in [0, 0.1) is 10.1 Å². The molecule has 86 valence electrons. The van der Waals surface area contributed by atoms with E-state index in [-0.39, 0.29) is 11.5 Å². The second-order valence-electron chi connectivity index (χ2n) is 2.96. The number of ketones is 1. The smallest absolute Gasteiger partial charge is 0.283 e. The minimum atomic E-state index is -0.412. The Morgan fingerprint density at radius 2 is 2.12 bits per heavy atom. The molecule has 0 amide bonds. The number of nitrogens with zero attached hydrogens (tertiary/aromatic N) is 1. The molecule has 0 saturated heterocycles. The van der Waals surface area contributed by atoms with Crippen molar-refractivity contribution in [1.29, 1.82) is 0 Å². The van der Waals surface area contributed by atoms with Crippen LogP contribution in [0.25, 0.3) is 0 Å². The number of Topliss-reactive ketones (excluding diaryl/α,β-unsaturated/α-hetero) is 1. The third kappa shape index (κ3) is 3.86. The number of carbonyl (C=O) groups excluding carboxylic acids is 1. The Bertz CT molecular complexity index is 395. The zero-order valence-corrected chi connectivity index (χ0v) is 10.3. The van der Waals surface area contributed by atoms with Crippen LogP contribution in [0.5, 0.6) is 0 Å². The molecule has 0 aliphatic carbocycles. The van der Waals surface area contributed by atoms with E-state index in [0.29, 0.717) is 17.1 Å². The molecule has 0 saturated carbocycles. The molecule has 1 rings (SSSR count). The average molecular weight is 257 g/mol. The van der Waals surface area contributed by atoms with Crippen LogP contribution in [0.1, 0.15) is 13.3 Å². The minimum Gasteiger partial charge on any atom is -0.299 e. The van der Waals surface area contributed by atoms with Crippen LogP contribution in [0.2, 0.25) is 0 Å². The number of nitro groups is 1. The lowest BCUT2D eigenvalue weighted by Gasteiger charge is -2.00. The molecule has 0 N–H and O–H groups in total. The van der Waals surface area contributed by atoms with Gasteiger partial charge in [-0.25, -0.2) is 0 Å². The maximum absolute atomic E-state index is 11.1. The topological polar surface area (TPSA) is 60.2 Å². The summed E-state index contributed by atoms with van der Waals surface area (Å²) in [5, 5.41) is 10.7. The molecule has 0 fully saturated rings. The van der Waals surface area contributed by atoms with E-state index in [9.17, 15) is 14.9 Å². The van der Waals surface area contributed by atoms with Gasteiger partial charge in [0.2, 0.25) is 0 Å². The van der Waals surface area contributed by atoms with E-state index >= 15 is 0 Å². The SMILES string of the molecule is CCC(=O)CSSc1ccccc1[N+](=O)[O-]. The van der Waals surface area contributed by atoms with Crippen molar-refractivity contribution in [3.63, 3.8) is 0 Å². The van der Waals surface area contributed by atoms with Crippen molar-refractivity contribution < 1.29 is 9.72 Å². The van der Waals surface area contributed by atoms with Gasteiger partial charge in [0.05, 0.1) is 15.6 Å². The standard InChI is InChI=1S/C10H11NO3S2/c1-2-8(12)7-15-16-10-6-4-3-5-9(10)11(13)14/h3-6H,2,7H2,1H3. The predicted octanol–water partition coefficient (Wildman–Crippen LogP) is 3.31. The molecule has 0 aliphatic heterocycles. The number of hydrogen-bond acceptors (Lipinski definition) is 5. The Kier molecular flexibility index (Phi) is 5.34. The number of hydrogen-bond donors (Lipinski definition) is 0. The second kappa shape index (κ2) is 6.55. The number of carbonyl (C=O) groups is 1. The molecular weight excluding hydrogens is 246 g/mol. The van der Waals surface area contributed by atoms with Gasteiger partial charge in [0.25, 0.3) is 5.69 Å². The lowest BCUT2D eigenvalue weighted by atomic mass is 10.3. The van der Waals surface area contributed by atoms with Crippen LogP contribution >= 0.6 is 21.6 Å². The average Bonchev–Trinajstić information content (AvgIpc) is 2.29. The maximum Gasteiger partial charge on any atom is 0.283 e. The van der Waals surface area contributed by atoms with Crippen LogP contribution in [-0.4, -0.2) is 16.5 Å². The monoisotopic (exact) mass is 257 g/mol. The van der Waals surface area contributed by atoms with Crippen molar-refractivity contribution in [3.05, 3.63) is 34.4 Å². The highest BCUT2D eigenvalue weighted by Crippen LogP contribution is 2.36. The third-order valence-corrected chi connectivity index (χ3v) is 4.15. The fourth-order valence-electron chi connectivity index (χ4n) is 0.939. The molecule has 0 aliphatic rings. The van der Waals surface area contributed by atoms with Gasteiger partial charge in [0.15, 0.2) is 0 Å². The summed E-state index contributed by atoms with van der Waals surface area (Å²) in [6.07, 6.45) is 0.504. The van der Waals surface area contributed by atoms with E-state index in [1.807, 2.05) is 0 Å². The first-order valence-electron chi connectivity index (χ1n) is 4.69. The second-order valence-corrected chi connectivity index (χ2v) is 5.30. The molecule has 1 aromatic carbocycles. The third-order valence-electron chi connectivity index (χ3n) is 1.82. The molecule has 0 aromatic heterocycles. The number of benzene rings is 1. The fourth-order valence-corrected chi connectivity index (χ4v) is 3.20. The molecule has 0 spiro atoms. The summed E-state index contributed by atoms with van der Waals surface area (Å²) in [6.45, 7) is 1.80.